The summed E-state index contributed by atoms with van der Waals surface area (Å²) < 4.78 is 0. The van der Waals surface area contributed by atoms with Crippen LogP contribution in [0.25, 0.3) is 0 Å². The van der Waals surface area contributed by atoms with Crippen molar-refractivity contribution in [3.05, 3.63) is 48.0 Å². The van der Waals surface area contributed by atoms with Gasteiger partial charge in [-0.25, -0.2) is 0 Å². The average Bonchev–Trinajstić information content (AvgIpc) is 2.38. The van der Waals surface area contributed by atoms with Crippen molar-refractivity contribution in [3.8, 4) is 0 Å². The molecule has 0 aliphatic carbocycles. The van der Waals surface area contributed by atoms with Crippen LogP contribution in [0.3, 0.4) is 0 Å². The molecule has 0 saturated heterocycles. The van der Waals surface area contributed by atoms with E-state index in [-0.39, 0.29) is 12.5 Å². The Balaban J connectivity index is 2.80. The van der Waals surface area contributed by atoms with Crippen LogP contribution in [-0.2, 0) is 5.33 Å². The molecule has 1 rings (SSSR count). The molecule has 0 aliphatic heterocycles. The molecular formula is C13H16BrNO2. The molecule has 17 heavy (non-hydrogen) atoms. The molecule has 0 spiro atoms. The number of aliphatic hydroxyl groups excluding tert-OH is 1. The Morgan fingerprint density at radius 3 is 2.53 bits per heavy atom. The van der Waals surface area contributed by atoms with Crippen LogP contribution in [-0.4, -0.2) is 35.6 Å². The highest BCUT2D eigenvalue weighted by atomic mass is 79.9. The standard InChI is InChI=1S/C13H16BrNO2/c1-2-7-15(8-9-16)13(17)12-5-3-11(10-14)4-6-12/h2-6,16H,1,7-10H2. The normalized spacial score (nSPS) is 10.0. The number of hydrogen-bond donors (Lipinski definition) is 1. The van der Waals surface area contributed by atoms with Gasteiger partial charge in [-0.05, 0) is 17.7 Å². The summed E-state index contributed by atoms with van der Waals surface area (Å²) in [4.78, 5) is 13.6. The van der Waals surface area contributed by atoms with E-state index in [4.69, 9.17) is 5.11 Å². The predicted octanol–water partition coefficient (Wildman–Crippen LogP) is 2.20. The van der Waals surface area contributed by atoms with Gasteiger partial charge in [0.25, 0.3) is 5.91 Å². The van der Waals surface area contributed by atoms with Crippen LogP contribution in [0.1, 0.15) is 15.9 Å². The molecule has 1 aromatic carbocycles. The minimum atomic E-state index is -0.0833. The van der Waals surface area contributed by atoms with E-state index in [0.717, 1.165) is 10.9 Å². The molecule has 0 aliphatic rings. The fourth-order valence-electron chi connectivity index (χ4n) is 1.47. The lowest BCUT2D eigenvalue weighted by atomic mass is 10.1. The maximum absolute atomic E-state index is 12.1. The summed E-state index contributed by atoms with van der Waals surface area (Å²) in [5.41, 5.74) is 1.75. The van der Waals surface area contributed by atoms with Gasteiger partial charge in [0, 0.05) is 24.0 Å². The first kappa shape index (κ1) is 13.9. The number of rotatable bonds is 6. The summed E-state index contributed by atoms with van der Waals surface area (Å²) in [5, 5.41) is 9.68. The average molecular weight is 298 g/mol. The Kier molecular flexibility index (Phi) is 5.94. The molecular weight excluding hydrogens is 282 g/mol. The molecule has 92 valence electrons. The van der Waals surface area contributed by atoms with Gasteiger partial charge in [0.15, 0.2) is 0 Å². The Hall–Kier alpha value is -1.13. The van der Waals surface area contributed by atoms with Crippen LogP contribution >= 0.6 is 15.9 Å². The number of amides is 1. The Morgan fingerprint density at radius 2 is 2.06 bits per heavy atom. The number of aliphatic hydroxyl groups is 1. The molecule has 0 atom stereocenters. The number of hydrogen-bond acceptors (Lipinski definition) is 2. The predicted molar refractivity (Wildman–Crippen MR) is 72.3 cm³/mol. The lowest BCUT2D eigenvalue weighted by Crippen LogP contribution is -2.33. The van der Waals surface area contributed by atoms with Gasteiger partial charge in [-0.1, -0.05) is 34.1 Å². The van der Waals surface area contributed by atoms with Crippen LogP contribution in [0.5, 0.6) is 0 Å². The third-order valence-corrected chi connectivity index (χ3v) is 3.01. The summed E-state index contributed by atoms with van der Waals surface area (Å²) >= 11 is 3.36. The molecule has 0 aromatic heterocycles. The SMILES string of the molecule is C=CCN(CCO)C(=O)c1ccc(CBr)cc1. The third-order valence-electron chi connectivity index (χ3n) is 2.36. The Morgan fingerprint density at radius 1 is 1.41 bits per heavy atom. The fraction of sp³-hybridized carbons (Fsp3) is 0.308. The molecule has 0 bridgehead atoms. The quantitative estimate of drug-likeness (QED) is 0.646. The van der Waals surface area contributed by atoms with Crippen molar-refractivity contribution in [2.24, 2.45) is 0 Å². The number of carbonyl (C=O) groups excluding carboxylic acids is 1. The largest absolute Gasteiger partial charge is 0.395 e. The highest BCUT2D eigenvalue weighted by Crippen LogP contribution is 2.10. The second-order valence-electron chi connectivity index (χ2n) is 3.59. The number of halogens is 1. The number of benzene rings is 1. The van der Waals surface area contributed by atoms with Crippen molar-refractivity contribution >= 4 is 21.8 Å². The van der Waals surface area contributed by atoms with Crippen molar-refractivity contribution in [2.45, 2.75) is 5.33 Å². The lowest BCUT2D eigenvalue weighted by Gasteiger charge is -2.20. The monoisotopic (exact) mass is 297 g/mol. The van der Waals surface area contributed by atoms with Crippen LogP contribution in [0, 0.1) is 0 Å². The second kappa shape index (κ2) is 7.25. The number of nitrogens with zero attached hydrogens (tertiary/aromatic N) is 1. The Labute approximate surface area is 110 Å². The van der Waals surface area contributed by atoms with E-state index in [9.17, 15) is 4.79 Å². The molecule has 0 heterocycles. The van der Waals surface area contributed by atoms with Gasteiger partial charge in [-0.15, -0.1) is 6.58 Å². The number of alkyl halides is 1. The maximum atomic E-state index is 12.1. The molecule has 4 heteroatoms. The highest BCUT2D eigenvalue weighted by molar-refractivity contribution is 9.08. The first-order valence-corrected chi connectivity index (χ1v) is 6.51. The topological polar surface area (TPSA) is 40.5 Å². The summed E-state index contributed by atoms with van der Waals surface area (Å²) in [7, 11) is 0. The van der Waals surface area contributed by atoms with Crippen molar-refractivity contribution in [1.29, 1.82) is 0 Å². The highest BCUT2D eigenvalue weighted by Gasteiger charge is 2.13. The van der Waals surface area contributed by atoms with Gasteiger partial charge in [0.05, 0.1) is 6.61 Å². The van der Waals surface area contributed by atoms with Crippen molar-refractivity contribution in [3.63, 3.8) is 0 Å². The summed E-state index contributed by atoms with van der Waals surface area (Å²) in [6, 6.07) is 7.42. The fourth-order valence-corrected chi connectivity index (χ4v) is 1.85. The number of carbonyl (C=O) groups is 1. The smallest absolute Gasteiger partial charge is 0.254 e. The van der Waals surface area contributed by atoms with E-state index < -0.39 is 0 Å². The molecule has 0 radical (unpaired) electrons. The van der Waals surface area contributed by atoms with E-state index in [2.05, 4.69) is 22.5 Å². The summed E-state index contributed by atoms with van der Waals surface area (Å²) in [5.74, 6) is -0.0833. The Bertz CT molecular complexity index is 376. The van der Waals surface area contributed by atoms with Gasteiger partial charge in [-0.2, -0.15) is 0 Å². The van der Waals surface area contributed by atoms with Crippen LogP contribution in [0.2, 0.25) is 0 Å². The van der Waals surface area contributed by atoms with E-state index in [1.54, 1.807) is 23.1 Å². The minimum Gasteiger partial charge on any atom is -0.395 e. The maximum Gasteiger partial charge on any atom is 0.254 e. The first-order valence-electron chi connectivity index (χ1n) is 5.39. The van der Waals surface area contributed by atoms with Crippen LogP contribution in [0.4, 0.5) is 0 Å². The van der Waals surface area contributed by atoms with Crippen molar-refractivity contribution in [2.75, 3.05) is 19.7 Å². The van der Waals surface area contributed by atoms with Gasteiger partial charge in [0.1, 0.15) is 0 Å². The zero-order valence-corrected chi connectivity index (χ0v) is 11.2. The van der Waals surface area contributed by atoms with E-state index in [1.807, 2.05) is 12.1 Å². The molecule has 1 N–H and O–H groups in total. The van der Waals surface area contributed by atoms with E-state index >= 15 is 0 Å². The molecule has 0 unspecified atom stereocenters. The zero-order valence-electron chi connectivity index (χ0n) is 9.60. The summed E-state index contributed by atoms with van der Waals surface area (Å²) in [6.45, 7) is 4.33. The van der Waals surface area contributed by atoms with Gasteiger partial charge in [-0.3, -0.25) is 4.79 Å². The first-order chi connectivity index (χ1) is 8.22. The molecule has 1 aromatic rings. The molecule has 0 saturated carbocycles. The van der Waals surface area contributed by atoms with Crippen molar-refractivity contribution in [1.82, 2.24) is 4.90 Å². The van der Waals surface area contributed by atoms with E-state index in [0.29, 0.717) is 18.7 Å². The van der Waals surface area contributed by atoms with E-state index in [1.165, 1.54) is 0 Å². The second-order valence-corrected chi connectivity index (χ2v) is 4.15. The molecule has 1 amide bonds. The minimum absolute atomic E-state index is 0.0426. The van der Waals surface area contributed by atoms with Crippen LogP contribution < -0.4 is 0 Å². The molecule has 0 fully saturated rings. The lowest BCUT2D eigenvalue weighted by molar-refractivity contribution is 0.0743. The molecule has 3 nitrogen and oxygen atoms in total. The van der Waals surface area contributed by atoms with Gasteiger partial charge < -0.3 is 10.0 Å². The van der Waals surface area contributed by atoms with Gasteiger partial charge in [0.2, 0.25) is 0 Å². The summed E-state index contributed by atoms with van der Waals surface area (Å²) in [6.07, 6.45) is 1.65. The zero-order chi connectivity index (χ0) is 12.7. The van der Waals surface area contributed by atoms with Crippen LogP contribution in [0.15, 0.2) is 36.9 Å². The van der Waals surface area contributed by atoms with Crippen molar-refractivity contribution < 1.29 is 9.90 Å². The van der Waals surface area contributed by atoms with Gasteiger partial charge >= 0.3 is 0 Å². The third kappa shape index (κ3) is 3.98.